The summed E-state index contributed by atoms with van der Waals surface area (Å²) in [4.78, 5) is 15.4. The first-order valence-corrected chi connectivity index (χ1v) is 10.8. The minimum atomic E-state index is -0.360. The zero-order valence-corrected chi connectivity index (χ0v) is 19.0. The molecule has 1 aromatic heterocycles. The van der Waals surface area contributed by atoms with Gasteiger partial charge in [0, 0.05) is 16.5 Å². The summed E-state index contributed by atoms with van der Waals surface area (Å²) >= 11 is 10.8. The Labute approximate surface area is 179 Å². The van der Waals surface area contributed by atoms with Crippen LogP contribution in [0.2, 0.25) is 0 Å². The van der Waals surface area contributed by atoms with E-state index < -0.39 is 0 Å². The SMILES string of the molecule is Cc1nc(-c2ccc(F)c(Br)c2)cs1.O=C(CBr)c1ccc(F)c(Br)c1. The van der Waals surface area contributed by atoms with Gasteiger partial charge in [0.2, 0.25) is 0 Å². The van der Waals surface area contributed by atoms with Gasteiger partial charge in [-0.3, -0.25) is 4.79 Å². The van der Waals surface area contributed by atoms with E-state index in [0.29, 0.717) is 14.5 Å². The van der Waals surface area contributed by atoms with Crippen molar-refractivity contribution >= 4 is 64.9 Å². The lowest BCUT2D eigenvalue weighted by Gasteiger charge is -1.98. The van der Waals surface area contributed by atoms with Gasteiger partial charge in [0.15, 0.2) is 5.78 Å². The van der Waals surface area contributed by atoms with Crippen molar-refractivity contribution < 1.29 is 13.6 Å². The van der Waals surface area contributed by atoms with Gasteiger partial charge in [-0.05, 0) is 75.2 Å². The van der Waals surface area contributed by atoms with Gasteiger partial charge in [0.1, 0.15) is 11.6 Å². The summed E-state index contributed by atoms with van der Waals surface area (Å²) in [7, 11) is 0. The Hall–Kier alpha value is -0.960. The van der Waals surface area contributed by atoms with Crippen LogP contribution in [-0.2, 0) is 0 Å². The van der Waals surface area contributed by atoms with Crippen LogP contribution in [0.3, 0.4) is 0 Å². The van der Waals surface area contributed by atoms with Crippen molar-refractivity contribution in [2.45, 2.75) is 6.92 Å². The van der Waals surface area contributed by atoms with Crippen LogP contribution < -0.4 is 0 Å². The van der Waals surface area contributed by atoms with E-state index in [0.717, 1.165) is 16.3 Å². The Bertz CT molecular complexity index is 931. The smallest absolute Gasteiger partial charge is 0.173 e. The molecule has 0 unspecified atom stereocenters. The van der Waals surface area contributed by atoms with Gasteiger partial charge >= 0.3 is 0 Å². The number of hydrogen-bond acceptors (Lipinski definition) is 3. The van der Waals surface area contributed by atoms with Crippen molar-refractivity contribution in [2.24, 2.45) is 0 Å². The fourth-order valence-corrected chi connectivity index (χ4v) is 3.60. The van der Waals surface area contributed by atoms with Crippen molar-refractivity contribution in [2.75, 3.05) is 5.33 Å². The molecule has 0 amide bonds. The van der Waals surface area contributed by atoms with Crippen molar-refractivity contribution in [3.63, 3.8) is 0 Å². The lowest BCUT2D eigenvalue weighted by atomic mass is 10.1. The minimum absolute atomic E-state index is 0.0595. The summed E-state index contributed by atoms with van der Waals surface area (Å²) in [6.07, 6.45) is 0. The number of hydrogen-bond donors (Lipinski definition) is 0. The number of aryl methyl sites for hydroxylation is 1. The number of Topliss-reactive ketones (excluding diaryl/α,β-unsaturated/α-hetero) is 1. The molecular formula is C18H12Br3F2NOS. The highest BCUT2D eigenvalue weighted by atomic mass is 79.9. The van der Waals surface area contributed by atoms with Gasteiger partial charge in [-0.25, -0.2) is 13.8 Å². The summed E-state index contributed by atoms with van der Waals surface area (Å²) < 4.78 is 26.4. The van der Waals surface area contributed by atoms with E-state index >= 15 is 0 Å². The number of carbonyl (C=O) groups excluding carboxylic acids is 1. The number of ketones is 1. The zero-order valence-electron chi connectivity index (χ0n) is 13.4. The summed E-state index contributed by atoms with van der Waals surface area (Å²) in [6, 6.07) is 9.11. The highest BCUT2D eigenvalue weighted by Crippen LogP contribution is 2.26. The second kappa shape index (κ2) is 9.82. The summed E-state index contributed by atoms with van der Waals surface area (Å²) in [5.74, 6) is -0.669. The Morgan fingerprint density at radius 3 is 2.19 bits per heavy atom. The molecular weight excluding hydrogens is 556 g/mol. The van der Waals surface area contributed by atoms with Crippen LogP contribution >= 0.6 is 59.1 Å². The molecule has 3 aromatic rings. The first-order chi connectivity index (χ1) is 12.3. The van der Waals surface area contributed by atoms with Gasteiger partial charge in [0.05, 0.1) is 25.0 Å². The molecule has 0 N–H and O–H groups in total. The Balaban J connectivity index is 0.000000190. The molecule has 0 atom stereocenters. The first-order valence-electron chi connectivity index (χ1n) is 7.23. The van der Waals surface area contributed by atoms with Crippen molar-refractivity contribution in [1.29, 1.82) is 0 Å². The predicted molar refractivity (Wildman–Crippen MR) is 112 cm³/mol. The Morgan fingerprint density at radius 1 is 1.08 bits per heavy atom. The molecule has 0 saturated heterocycles. The largest absolute Gasteiger partial charge is 0.293 e. The summed E-state index contributed by atoms with van der Waals surface area (Å²) in [6.45, 7) is 1.95. The van der Waals surface area contributed by atoms with Gasteiger partial charge in [-0.1, -0.05) is 15.9 Å². The van der Waals surface area contributed by atoms with Crippen molar-refractivity contribution in [3.05, 3.63) is 72.9 Å². The number of thiazole rings is 1. The quantitative estimate of drug-likeness (QED) is 0.248. The van der Waals surface area contributed by atoms with E-state index in [-0.39, 0.29) is 22.7 Å². The zero-order chi connectivity index (χ0) is 19.3. The fourth-order valence-electron chi connectivity index (χ4n) is 1.90. The van der Waals surface area contributed by atoms with Gasteiger partial charge in [0.25, 0.3) is 0 Å². The number of rotatable bonds is 3. The minimum Gasteiger partial charge on any atom is -0.293 e. The van der Waals surface area contributed by atoms with Crippen LogP contribution in [0, 0.1) is 18.6 Å². The lowest BCUT2D eigenvalue weighted by Crippen LogP contribution is -1.99. The second-order valence-corrected chi connectivity index (χ2v) is 8.40. The van der Waals surface area contributed by atoms with E-state index in [4.69, 9.17) is 0 Å². The molecule has 0 aliphatic carbocycles. The van der Waals surface area contributed by atoms with Gasteiger partial charge in [-0.15, -0.1) is 11.3 Å². The molecule has 0 bridgehead atoms. The van der Waals surface area contributed by atoms with Gasteiger partial charge in [-0.2, -0.15) is 0 Å². The van der Waals surface area contributed by atoms with Crippen LogP contribution in [0.15, 0.2) is 50.7 Å². The number of halogens is 5. The Kier molecular flexibility index (Phi) is 8.06. The fraction of sp³-hybridized carbons (Fsp3) is 0.111. The van der Waals surface area contributed by atoms with Crippen molar-refractivity contribution in [1.82, 2.24) is 4.98 Å². The third-order valence-corrected chi connectivity index (χ3v) is 5.70. The molecule has 0 aliphatic rings. The maximum Gasteiger partial charge on any atom is 0.173 e. The topological polar surface area (TPSA) is 30.0 Å². The number of nitrogens with zero attached hydrogens (tertiary/aromatic N) is 1. The molecule has 0 spiro atoms. The molecule has 26 heavy (non-hydrogen) atoms. The van der Waals surface area contributed by atoms with Crippen LogP contribution in [0.1, 0.15) is 15.4 Å². The van der Waals surface area contributed by atoms with Crippen LogP contribution in [-0.4, -0.2) is 16.1 Å². The van der Waals surface area contributed by atoms with Crippen LogP contribution in [0.25, 0.3) is 11.3 Å². The Morgan fingerprint density at radius 2 is 1.69 bits per heavy atom. The maximum absolute atomic E-state index is 13.0. The summed E-state index contributed by atoms with van der Waals surface area (Å²) in [5, 5.41) is 3.24. The average Bonchev–Trinajstić information content (AvgIpc) is 3.06. The highest BCUT2D eigenvalue weighted by molar-refractivity contribution is 9.10. The third-order valence-electron chi connectivity index (χ3n) is 3.20. The highest BCUT2D eigenvalue weighted by Gasteiger charge is 2.06. The molecule has 0 aliphatic heterocycles. The number of benzene rings is 2. The molecule has 2 nitrogen and oxygen atoms in total. The number of alkyl halides is 1. The molecule has 136 valence electrons. The van der Waals surface area contributed by atoms with Crippen LogP contribution in [0.5, 0.6) is 0 Å². The second-order valence-electron chi connectivity index (χ2n) is 5.07. The molecule has 0 fully saturated rings. The maximum atomic E-state index is 13.0. The molecule has 2 aromatic carbocycles. The first kappa shape index (κ1) is 21.3. The number of aromatic nitrogens is 1. The van der Waals surface area contributed by atoms with Gasteiger partial charge < -0.3 is 0 Å². The normalized spacial score (nSPS) is 10.2. The average molecular weight is 568 g/mol. The molecule has 0 saturated carbocycles. The van der Waals surface area contributed by atoms with E-state index in [2.05, 4.69) is 52.8 Å². The predicted octanol–water partition coefficient (Wildman–Crippen LogP) is 7.19. The van der Waals surface area contributed by atoms with Crippen molar-refractivity contribution in [3.8, 4) is 11.3 Å². The van der Waals surface area contributed by atoms with E-state index in [1.807, 2.05) is 12.3 Å². The summed E-state index contributed by atoms with van der Waals surface area (Å²) in [5.41, 5.74) is 2.33. The number of carbonyl (C=O) groups is 1. The third kappa shape index (κ3) is 5.77. The van der Waals surface area contributed by atoms with E-state index in [1.54, 1.807) is 23.5 Å². The monoisotopic (exact) mass is 565 g/mol. The standard InChI is InChI=1S/C10H7BrFNS.C8H5Br2FO/c1-6-13-10(5-14-6)7-2-3-9(12)8(11)4-7;9-4-8(12)5-1-2-7(11)6(10)3-5/h2-5H,1H3;1-3H,4H2. The van der Waals surface area contributed by atoms with E-state index in [1.165, 1.54) is 24.3 Å². The van der Waals surface area contributed by atoms with E-state index in [9.17, 15) is 13.6 Å². The molecule has 8 heteroatoms. The molecule has 0 radical (unpaired) electrons. The molecule has 1 heterocycles. The molecule has 3 rings (SSSR count). The lowest BCUT2D eigenvalue weighted by molar-refractivity contribution is 0.102. The van der Waals surface area contributed by atoms with Crippen LogP contribution in [0.4, 0.5) is 8.78 Å².